The fourth-order valence-electron chi connectivity index (χ4n) is 1.98. The summed E-state index contributed by atoms with van der Waals surface area (Å²) in [6, 6.07) is 7.31. The van der Waals surface area contributed by atoms with Crippen molar-refractivity contribution < 1.29 is 0 Å². The summed E-state index contributed by atoms with van der Waals surface area (Å²) in [4.78, 5) is 7.62. The van der Waals surface area contributed by atoms with Gasteiger partial charge in [0.05, 0.1) is 0 Å². The van der Waals surface area contributed by atoms with E-state index in [0.717, 1.165) is 15.6 Å². The number of aromatic nitrogens is 6. The predicted octanol–water partition coefficient (Wildman–Crippen LogP) is 0.550. The number of rotatable bonds is 0. The Bertz CT molecular complexity index is 988. The van der Waals surface area contributed by atoms with Crippen molar-refractivity contribution in [2.45, 2.75) is 0 Å². The van der Waals surface area contributed by atoms with E-state index in [1.165, 1.54) is 0 Å². The van der Waals surface area contributed by atoms with Crippen molar-refractivity contribution in [3.8, 4) is 0 Å². The van der Waals surface area contributed by atoms with Crippen LogP contribution in [0.2, 0.25) is 0 Å². The van der Waals surface area contributed by atoms with E-state index in [1.807, 2.05) is 24.3 Å². The molecule has 0 aliphatic carbocycles. The molecule has 0 amide bonds. The Balaban J connectivity index is 0.000000136. The molecule has 0 saturated heterocycles. The maximum absolute atomic E-state index is 5.60. The van der Waals surface area contributed by atoms with Crippen molar-refractivity contribution in [2.75, 3.05) is 22.9 Å². The number of fused-ring (bicyclic) bond motifs is 2. The average molecular weight is 377 g/mol. The fourth-order valence-corrected chi connectivity index (χ4v) is 2.38. The lowest BCUT2D eigenvalue weighted by molar-refractivity contribution is 0.903. The summed E-state index contributed by atoms with van der Waals surface area (Å²) in [5.41, 5.74) is 23.4. The van der Waals surface area contributed by atoms with Gasteiger partial charge in [0, 0.05) is 6.20 Å². The topological polar surface area (TPSA) is 164 Å². The number of anilines is 4. The highest BCUT2D eigenvalue weighted by molar-refractivity contribution is 9.10. The number of halogens is 1. The predicted molar refractivity (Wildman–Crippen MR) is 91.3 cm³/mol. The molecule has 4 aromatic heterocycles. The van der Waals surface area contributed by atoms with E-state index in [9.17, 15) is 0 Å². The van der Waals surface area contributed by atoms with Crippen LogP contribution in [0, 0.1) is 0 Å². The smallest absolute Gasteiger partial charge is 0.240 e. The molecule has 0 spiro atoms. The van der Waals surface area contributed by atoms with Gasteiger partial charge in [0.15, 0.2) is 11.6 Å². The number of nitrogen functional groups attached to an aromatic ring is 4. The Labute approximate surface area is 138 Å². The third kappa shape index (κ3) is 2.81. The van der Waals surface area contributed by atoms with Crippen LogP contribution in [-0.4, -0.2) is 29.2 Å². The number of nitrogens with two attached hydrogens (primary N) is 4. The summed E-state index contributed by atoms with van der Waals surface area (Å²) < 4.78 is 3.99. The van der Waals surface area contributed by atoms with Gasteiger partial charge in [-0.2, -0.15) is 9.97 Å². The molecule has 4 aromatic rings. The molecule has 0 fully saturated rings. The standard InChI is InChI=1S/C6H6BrN5.C6H7N5/c7-4-2-1-3-5(8)10-6(9)11-12(3)4;7-5-4-2-1-3-11(4)10-6(8)9-5/h1-2H,(H4,8,9,10,11);1-3H,(H4,7,8,9,10). The van der Waals surface area contributed by atoms with E-state index in [1.54, 1.807) is 15.2 Å². The number of hydrogen-bond acceptors (Lipinski definition) is 8. The van der Waals surface area contributed by atoms with Crippen LogP contribution in [-0.2, 0) is 0 Å². The molecule has 4 rings (SSSR count). The summed E-state index contributed by atoms with van der Waals surface area (Å²) in [5, 5.41) is 7.85. The summed E-state index contributed by atoms with van der Waals surface area (Å²) >= 11 is 3.30. The number of hydrogen-bond donors (Lipinski definition) is 4. The van der Waals surface area contributed by atoms with Gasteiger partial charge in [-0.05, 0) is 40.2 Å². The Morgan fingerprint density at radius 1 is 0.826 bits per heavy atom. The zero-order valence-corrected chi connectivity index (χ0v) is 13.3. The zero-order valence-electron chi connectivity index (χ0n) is 11.8. The second kappa shape index (κ2) is 5.61. The first-order chi connectivity index (χ1) is 11.0. The monoisotopic (exact) mass is 376 g/mol. The van der Waals surface area contributed by atoms with Crippen molar-refractivity contribution in [2.24, 2.45) is 0 Å². The summed E-state index contributed by atoms with van der Waals surface area (Å²) in [6.07, 6.45) is 1.77. The van der Waals surface area contributed by atoms with Gasteiger partial charge in [-0.25, -0.2) is 9.03 Å². The van der Waals surface area contributed by atoms with Gasteiger partial charge in [0.1, 0.15) is 15.6 Å². The summed E-state index contributed by atoms with van der Waals surface area (Å²) in [7, 11) is 0. The van der Waals surface area contributed by atoms with Crippen LogP contribution in [0.25, 0.3) is 11.0 Å². The van der Waals surface area contributed by atoms with E-state index in [0.29, 0.717) is 11.6 Å². The SMILES string of the molecule is Nc1nc(N)c2ccc(Br)n2n1.Nc1nc(N)c2cccn2n1. The Hall–Kier alpha value is -3.08. The Morgan fingerprint density at radius 3 is 2.22 bits per heavy atom. The van der Waals surface area contributed by atoms with Crippen molar-refractivity contribution in [3.05, 3.63) is 35.1 Å². The third-order valence-electron chi connectivity index (χ3n) is 2.94. The van der Waals surface area contributed by atoms with Gasteiger partial charge in [-0.1, -0.05) is 0 Å². The Morgan fingerprint density at radius 2 is 1.48 bits per heavy atom. The van der Waals surface area contributed by atoms with Crippen LogP contribution in [0.5, 0.6) is 0 Å². The minimum absolute atomic E-state index is 0.164. The van der Waals surface area contributed by atoms with Crippen LogP contribution in [0.3, 0.4) is 0 Å². The van der Waals surface area contributed by atoms with Crippen molar-refractivity contribution in [1.82, 2.24) is 29.2 Å². The lowest BCUT2D eigenvalue weighted by atomic mass is 10.5. The molecule has 0 aliphatic rings. The fraction of sp³-hybridized carbons (Fsp3) is 0. The molecule has 0 radical (unpaired) electrons. The molecule has 0 saturated carbocycles. The first-order valence-electron chi connectivity index (χ1n) is 6.38. The molecular weight excluding hydrogens is 364 g/mol. The highest BCUT2D eigenvalue weighted by Gasteiger charge is 2.05. The molecule has 11 heteroatoms. The van der Waals surface area contributed by atoms with E-state index < -0.39 is 0 Å². The van der Waals surface area contributed by atoms with Crippen molar-refractivity contribution in [1.29, 1.82) is 0 Å². The molecule has 0 bridgehead atoms. The molecule has 0 atom stereocenters. The first kappa shape index (κ1) is 14.8. The molecular formula is C12H13BrN10. The molecule has 4 heterocycles. The van der Waals surface area contributed by atoms with E-state index in [4.69, 9.17) is 22.9 Å². The molecule has 10 nitrogen and oxygen atoms in total. The van der Waals surface area contributed by atoms with Gasteiger partial charge in [-0.15, -0.1) is 10.2 Å². The first-order valence-corrected chi connectivity index (χ1v) is 7.17. The number of nitrogens with zero attached hydrogens (tertiary/aromatic N) is 6. The summed E-state index contributed by atoms with van der Waals surface area (Å²) in [5.74, 6) is 1.14. The van der Waals surface area contributed by atoms with Crippen molar-refractivity contribution >= 4 is 50.5 Å². The lowest BCUT2D eigenvalue weighted by Crippen LogP contribution is -2.05. The molecule has 0 unspecified atom stereocenters. The van der Waals surface area contributed by atoms with Crippen LogP contribution in [0.4, 0.5) is 23.5 Å². The highest BCUT2D eigenvalue weighted by atomic mass is 79.9. The van der Waals surface area contributed by atoms with E-state index in [-0.39, 0.29) is 11.9 Å². The molecule has 118 valence electrons. The molecule has 23 heavy (non-hydrogen) atoms. The minimum atomic E-state index is 0.164. The normalized spacial score (nSPS) is 10.7. The second-order valence-electron chi connectivity index (χ2n) is 4.50. The highest BCUT2D eigenvalue weighted by Crippen LogP contribution is 2.18. The second-order valence-corrected chi connectivity index (χ2v) is 5.31. The van der Waals surface area contributed by atoms with Gasteiger partial charge in [-0.3, -0.25) is 0 Å². The van der Waals surface area contributed by atoms with Crippen LogP contribution in [0.1, 0.15) is 0 Å². The largest absolute Gasteiger partial charge is 0.382 e. The maximum Gasteiger partial charge on any atom is 0.240 e. The van der Waals surface area contributed by atoms with Crippen LogP contribution in [0.15, 0.2) is 35.1 Å². The Kier molecular flexibility index (Phi) is 3.62. The molecule has 0 aromatic carbocycles. The van der Waals surface area contributed by atoms with Crippen LogP contribution < -0.4 is 22.9 Å². The van der Waals surface area contributed by atoms with E-state index >= 15 is 0 Å². The molecule has 8 N–H and O–H groups in total. The van der Waals surface area contributed by atoms with Crippen molar-refractivity contribution in [3.63, 3.8) is 0 Å². The quantitative estimate of drug-likeness (QED) is 0.345. The van der Waals surface area contributed by atoms with Gasteiger partial charge < -0.3 is 22.9 Å². The maximum atomic E-state index is 5.60. The molecule has 0 aliphatic heterocycles. The lowest BCUT2D eigenvalue weighted by Gasteiger charge is -1.99. The van der Waals surface area contributed by atoms with Gasteiger partial charge >= 0.3 is 0 Å². The van der Waals surface area contributed by atoms with E-state index in [2.05, 4.69) is 36.1 Å². The average Bonchev–Trinajstić information content (AvgIpc) is 3.07. The summed E-state index contributed by atoms with van der Waals surface area (Å²) in [6.45, 7) is 0. The third-order valence-corrected chi connectivity index (χ3v) is 3.55. The minimum Gasteiger partial charge on any atom is -0.382 e. The zero-order chi connectivity index (χ0) is 16.6. The van der Waals surface area contributed by atoms with Gasteiger partial charge in [0.2, 0.25) is 11.9 Å². The van der Waals surface area contributed by atoms with Gasteiger partial charge in [0.25, 0.3) is 0 Å². The van der Waals surface area contributed by atoms with Crippen LogP contribution >= 0.6 is 15.9 Å².